The van der Waals surface area contributed by atoms with E-state index in [1.165, 1.54) is 0 Å². The maximum Gasteiger partial charge on any atom is 0.176 e. The average molecular weight is 1310 g/mol. The summed E-state index contributed by atoms with van der Waals surface area (Å²) in [6.45, 7) is -6.90. The van der Waals surface area contributed by atoms with Crippen molar-refractivity contribution in [1.82, 2.24) is 0 Å². The summed E-state index contributed by atoms with van der Waals surface area (Å²) in [5.41, 5.74) is 49.9. The van der Waals surface area contributed by atoms with Gasteiger partial charge in [-0.15, -0.1) is 0 Å². The normalized spacial score (nSPS) is 53.6. The lowest BCUT2D eigenvalue weighted by Crippen LogP contribution is -2.71. The molecule has 8 saturated heterocycles. The van der Waals surface area contributed by atoms with Gasteiger partial charge in [0.15, 0.2) is 50.3 Å². The molecule has 0 radical (unpaired) electrons. The van der Waals surface area contributed by atoms with Gasteiger partial charge in [0.25, 0.3) is 0 Å². The lowest BCUT2D eigenvalue weighted by atomic mass is 9.93. The zero-order valence-corrected chi connectivity index (χ0v) is 47.5. The first-order valence-corrected chi connectivity index (χ1v) is 28.8. The minimum absolute atomic E-state index is 0.749. The minimum atomic E-state index is -1.87. The van der Waals surface area contributed by atoms with Crippen LogP contribution in [0.2, 0.25) is 0 Å². The molecule has 0 aromatic carbocycles. The zero-order chi connectivity index (χ0) is 65.4. The summed E-state index contributed by atoms with van der Waals surface area (Å²) in [4.78, 5) is 0. The van der Waals surface area contributed by atoms with Crippen LogP contribution in [0.1, 0.15) is 0 Å². The SMILES string of the molecule is NC1C(OC2C(CO)OC(OC3C(CO)OC(OC4C(CO)OC(OC5C(CO)OC(OC6C(CO)OC(OC7C(CO)OC(OC8C(CO)OC(O)C(N)C8O)C(N)C7O)C(N)C6O)C(N)C5O)C(N)C4O)C(N)C3O)C(N)C2O)OC(CO)C(O)C1O. The number of rotatable bonds is 22. The summed E-state index contributed by atoms with van der Waals surface area (Å²) in [6.07, 6.45) is -52.2. The van der Waals surface area contributed by atoms with E-state index in [4.69, 9.17) is 117 Å². The molecule has 41 heteroatoms. The molecule has 8 rings (SSSR count). The summed E-state index contributed by atoms with van der Waals surface area (Å²) < 4.78 is 87.2. The second kappa shape index (κ2) is 31.5. The summed E-state index contributed by atoms with van der Waals surface area (Å²) in [6, 6.07) is -12.3. The molecule has 8 aliphatic rings. The first-order chi connectivity index (χ1) is 42.2. The Hall–Kier alpha value is -1.64. The second-order valence-electron chi connectivity index (χ2n) is 23.1. The van der Waals surface area contributed by atoms with Gasteiger partial charge in [0, 0.05) is 0 Å². The predicted octanol–water partition coefficient (Wildman–Crippen LogP) is -18.7. The van der Waals surface area contributed by atoms with Crippen LogP contribution in [0.5, 0.6) is 0 Å². The van der Waals surface area contributed by atoms with Gasteiger partial charge in [-0.1, -0.05) is 0 Å². The van der Waals surface area contributed by atoms with Gasteiger partial charge in [-0.3, -0.25) is 0 Å². The minimum Gasteiger partial charge on any atom is -0.394 e. The number of aliphatic hydroxyl groups is 18. The summed E-state index contributed by atoms with van der Waals surface area (Å²) in [5, 5.41) is 192. The molecule has 89 heavy (non-hydrogen) atoms. The van der Waals surface area contributed by atoms with Crippen molar-refractivity contribution in [1.29, 1.82) is 0 Å². The fourth-order valence-electron chi connectivity index (χ4n) is 11.8. The van der Waals surface area contributed by atoms with Gasteiger partial charge in [-0.2, -0.15) is 0 Å². The molecule has 8 heterocycles. The maximum absolute atomic E-state index is 11.6. The van der Waals surface area contributed by atoms with Crippen LogP contribution in [-0.2, 0) is 71.1 Å². The molecule has 0 amide bonds. The van der Waals surface area contributed by atoms with Crippen molar-refractivity contribution < 1.29 is 163 Å². The van der Waals surface area contributed by atoms with E-state index in [-0.39, 0.29) is 0 Å². The molecular formula is C48H90N8O33. The van der Waals surface area contributed by atoms with Crippen LogP contribution in [0.3, 0.4) is 0 Å². The molecule has 8 fully saturated rings. The van der Waals surface area contributed by atoms with Gasteiger partial charge < -0.3 is 209 Å². The van der Waals surface area contributed by atoms with Gasteiger partial charge in [-0.25, -0.2) is 0 Å². The Labute approximate surface area is 506 Å². The van der Waals surface area contributed by atoms with Crippen LogP contribution in [0.25, 0.3) is 0 Å². The molecule has 0 aliphatic carbocycles. The van der Waals surface area contributed by atoms with E-state index in [0.29, 0.717) is 0 Å². The van der Waals surface area contributed by atoms with Gasteiger partial charge >= 0.3 is 0 Å². The Morgan fingerprint density at radius 2 is 0.360 bits per heavy atom. The third kappa shape index (κ3) is 15.0. The van der Waals surface area contributed by atoms with Crippen LogP contribution in [-0.4, -0.2) is 390 Å². The lowest BCUT2D eigenvalue weighted by Gasteiger charge is -2.51. The van der Waals surface area contributed by atoms with Crippen LogP contribution < -0.4 is 45.9 Å². The van der Waals surface area contributed by atoms with Crippen LogP contribution in [0.15, 0.2) is 0 Å². The van der Waals surface area contributed by atoms with Crippen molar-refractivity contribution >= 4 is 0 Å². The van der Waals surface area contributed by atoms with E-state index < -0.39 is 298 Å². The molecule has 8 aliphatic heterocycles. The molecule has 0 spiro atoms. The largest absolute Gasteiger partial charge is 0.394 e. The quantitative estimate of drug-likeness (QED) is 0.0479. The molecule has 0 bridgehead atoms. The van der Waals surface area contributed by atoms with Gasteiger partial charge in [0.1, 0.15) is 146 Å². The number of hydrogen-bond donors (Lipinski definition) is 26. The van der Waals surface area contributed by atoms with E-state index >= 15 is 0 Å². The zero-order valence-electron chi connectivity index (χ0n) is 47.5. The number of ether oxygens (including phenoxy) is 15. The van der Waals surface area contributed by atoms with Crippen molar-refractivity contribution in [3.05, 3.63) is 0 Å². The Kier molecular flexibility index (Phi) is 25.9. The molecule has 0 saturated carbocycles. The first-order valence-electron chi connectivity index (χ1n) is 28.8. The molecule has 40 unspecified atom stereocenters. The fourth-order valence-corrected chi connectivity index (χ4v) is 11.8. The average Bonchev–Trinajstić information content (AvgIpc) is 1.02. The third-order valence-corrected chi connectivity index (χ3v) is 17.3. The Bertz CT molecular complexity index is 2150. The standard InChI is InChI=1S/C48H90N8O33/c49-17-27(67)34(10(2-58)75-41(17)74)83-43-19(51)29(69)36(12(4-60)77-43)85-45-21(53)31(71)38(14(6-62)79-45)87-47-23(55)33(73)40(16(8-64)81-47)89-48-24(56)32(72)39(15(7-63)82-48)88-46-22(54)30(70)37(13(5-61)80-46)86-44-20(52)28(68)35(11(3-59)78-44)84-42-18(50)26(66)25(65)9(1-57)76-42/h9-48,57-74H,1-8,49-56H2. The fraction of sp³-hybridized carbons (Fsp3) is 1.00. The van der Waals surface area contributed by atoms with Gasteiger partial charge in [0.2, 0.25) is 0 Å². The summed E-state index contributed by atoms with van der Waals surface area (Å²) in [5.74, 6) is 0. The maximum atomic E-state index is 11.6. The molecule has 41 nitrogen and oxygen atoms in total. The van der Waals surface area contributed by atoms with E-state index in [1.54, 1.807) is 0 Å². The Balaban J connectivity index is 0.850. The van der Waals surface area contributed by atoms with Gasteiger partial charge in [0.05, 0.1) is 101 Å². The molecule has 520 valence electrons. The smallest absolute Gasteiger partial charge is 0.176 e. The Morgan fingerprint density at radius 1 is 0.202 bits per heavy atom. The van der Waals surface area contributed by atoms with Crippen molar-refractivity contribution in [2.24, 2.45) is 45.9 Å². The molecule has 34 N–H and O–H groups in total. The topological polar surface area (TPSA) is 711 Å². The predicted molar refractivity (Wildman–Crippen MR) is 280 cm³/mol. The molecule has 40 atom stereocenters. The van der Waals surface area contributed by atoms with Crippen LogP contribution in [0.4, 0.5) is 0 Å². The first kappa shape index (κ1) is 73.2. The lowest BCUT2D eigenvalue weighted by molar-refractivity contribution is -0.370. The van der Waals surface area contributed by atoms with Gasteiger partial charge in [-0.05, 0) is 0 Å². The van der Waals surface area contributed by atoms with E-state index in [9.17, 15) is 91.9 Å². The van der Waals surface area contributed by atoms with Crippen molar-refractivity contribution in [2.75, 3.05) is 52.9 Å². The molecule has 0 aromatic heterocycles. The van der Waals surface area contributed by atoms with E-state index in [2.05, 4.69) is 0 Å². The molecule has 0 aromatic rings. The summed E-state index contributed by atoms with van der Waals surface area (Å²) >= 11 is 0. The highest BCUT2D eigenvalue weighted by atomic mass is 16.8. The monoisotopic (exact) mass is 1310 g/mol. The number of nitrogens with two attached hydrogens (primary N) is 8. The van der Waals surface area contributed by atoms with Crippen LogP contribution in [0, 0.1) is 0 Å². The highest BCUT2D eigenvalue weighted by Gasteiger charge is 2.58. The number of aliphatic hydroxyl groups excluding tert-OH is 18. The van der Waals surface area contributed by atoms with Crippen molar-refractivity contribution in [3.63, 3.8) is 0 Å². The van der Waals surface area contributed by atoms with E-state index in [0.717, 1.165) is 0 Å². The van der Waals surface area contributed by atoms with Crippen LogP contribution >= 0.6 is 0 Å². The Morgan fingerprint density at radius 3 is 0.551 bits per heavy atom. The van der Waals surface area contributed by atoms with Crippen molar-refractivity contribution in [3.8, 4) is 0 Å². The third-order valence-electron chi connectivity index (χ3n) is 17.3. The van der Waals surface area contributed by atoms with Crippen molar-refractivity contribution in [2.45, 2.75) is 245 Å². The highest BCUT2D eigenvalue weighted by Crippen LogP contribution is 2.37. The summed E-state index contributed by atoms with van der Waals surface area (Å²) in [7, 11) is 0. The van der Waals surface area contributed by atoms with E-state index in [1.807, 2.05) is 0 Å². The highest BCUT2D eigenvalue weighted by molar-refractivity contribution is 5.04. The molecular weight excluding hydrogens is 1220 g/mol. The number of hydrogen-bond acceptors (Lipinski definition) is 41. The second-order valence-corrected chi connectivity index (χ2v) is 23.1.